The zero-order valence-electron chi connectivity index (χ0n) is 11.2. The van der Waals surface area contributed by atoms with Crippen molar-refractivity contribution >= 4 is 50.1 Å². The predicted octanol–water partition coefficient (Wildman–Crippen LogP) is 3.09. The van der Waals surface area contributed by atoms with E-state index in [2.05, 4.69) is 33.1 Å². The number of halogens is 1. The van der Waals surface area contributed by atoms with Gasteiger partial charge in [0.05, 0.1) is 15.8 Å². The van der Waals surface area contributed by atoms with Gasteiger partial charge in [-0.15, -0.1) is 5.10 Å². The van der Waals surface area contributed by atoms with Gasteiger partial charge in [-0.25, -0.2) is 5.43 Å². The molecule has 0 unspecified atom stereocenters. The summed E-state index contributed by atoms with van der Waals surface area (Å²) in [6.07, 6.45) is 0. The van der Waals surface area contributed by atoms with Gasteiger partial charge in [-0.1, -0.05) is 35.6 Å². The van der Waals surface area contributed by atoms with E-state index in [4.69, 9.17) is 0 Å². The van der Waals surface area contributed by atoms with Crippen molar-refractivity contribution in [1.29, 1.82) is 0 Å². The molecule has 0 saturated heterocycles. The summed E-state index contributed by atoms with van der Waals surface area (Å²) in [6.45, 7) is 0. The first-order chi connectivity index (χ1) is 10.2. The highest BCUT2D eigenvalue weighted by atomic mass is 127. The second kappa shape index (κ2) is 5.98. The average Bonchev–Trinajstić information content (AvgIpc) is 2.82. The number of fused-ring (bicyclic) bond motifs is 1. The second-order valence-electron chi connectivity index (χ2n) is 4.44. The van der Waals surface area contributed by atoms with Crippen LogP contribution in [0.2, 0.25) is 0 Å². The van der Waals surface area contributed by atoms with Gasteiger partial charge < -0.3 is 4.57 Å². The fourth-order valence-electron chi connectivity index (χ4n) is 1.99. The first-order valence-corrected chi connectivity index (χ1v) is 8.19. The van der Waals surface area contributed by atoms with Crippen molar-refractivity contribution in [1.82, 2.24) is 9.99 Å². The first kappa shape index (κ1) is 14.3. The molecule has 1 amide bonds. The highest BCUT2D eigenvalue weighted by molar-refractivity contribution is 14.1. The molecular weight excluding hydrogens is 397 g/mol. The summed E-state index contributed by atoms with van der Waals surface area (Å²) in [4.78, 5) is 12.9. The first-order valence-electron chi connectivity index (χ1n) is 6.30. The number of hydrogen-bond acceptors (Lipinski definition) is 3. The molecule has 0 aliphatic carbocycles. The lowest BCUT2D eigenvalue weighted by Crippen LogP contribution is -2.23. The van der Waals surface area contributed by atoms with Gasteiger partial charge in [0.15, 0.2) is 0 Å². The van der Waals surface area contributed by atoms with Crippen molar-refractivity contribution in [2.75, 3.05) is 0 Å². The van der Waals surface area contributed by atoms with Crippen molar-refractivity contribution in [3.63, 3.8) is 0 Å². The minimum atomic E-state index is -0.197. The number of aryl methyl sites for hydroxylation is 1. The van der Waals surface area contributed by atoms with Crippen LogP contribution in [0.4, 0.5) is 0 Å². The Hall–Kier alpha value is -1.67. The molecule has 106 valence electrons. The number of rotatable bonds is 2. The van der Waals surface area contributed by atoms with Crippen molar-refractivity contribution in [3.8, 4) is 0 Å². The summed E-state index contributed by atoms with van der Waals surface area (Å²) in [7, 11) is 1.94. The third-order valence-electron chi connectivity index (χ3n) is 3.09. The van der Waals surface area contributed by atoms with E-state index >= 15 is 0 Å². The molecule has 3 aromatic rings. The van der Waals surface area contributed by atoms with Crippen LogP contribution < -0.4 is 10.2 Å². The Morgan fingerprint density at radius 2 is 1.90 bits per heavy atom. The van der Waals surface area contributed by atoms with E-state index in [1.54, 1.807) is 17.4 Å². The Labute approximate surface area is 139 Å². The summed E-state index contributed by atoms with van der Waals surface area (Å²) in [5.74, 6) is -0.197. The van der Waals surface area contributed by atoms with E-state index in [0.29, 0.717) is 5.56 Å². The number of thiazole rings is 1. The summed E-state index contributed by atoms with van der Waals surface area (Å²) < 4.78 is 4.02. The normalized spacial score (nSPS) is 11.8. The fourth-order valence-corrected chi connectivity index (χ4v) is 3.60. The molecule has 1 heterocycles. The van der Waals surface area contributed by atoms with Gasteiger partial charge in [0.1, 0.15) is 0 Å². The Morgan fingerprint density at radius 1 is 1.19 bits per heavy atom. The molecule has 2 aromatic carbocycles. The van der Waals surface area contributed by atoms with Crippen LogP contribution in [-0.2, 0) is 7.05 Å². The summed E-state index contributed by atoms with van der Waals surface area (Å²) in [5.41, 5.74) is 4.36. The lowest BCUT2D eigenvalue weighted by Gasteiger charge is -2.01. The molecule has 1 aromatic heterocycles. The van der Waals surface area contributed by atoms with Crippen LogP contribution in [-0.4, -0.2) is 10.5 Å². The molecule has 0 aliphatic rings. The quantitative estimate of drug-likeness (QED) is 0.513. The highest BCUT2D eigenvalue weighted by Crippen LogP contribution is 2.15. The van der Waals surface area contributed by atoms with Gasteiger partial charge in [-0.05, 0) is 46.9 Å². The Kier molecular flexibility index (Phi) is 4.07. The van der Waals surface area contributed by atoms with Gasteiger partial charge in [0.25, 0.3) is 5.91 Å². The topological polar surface area (TPSA) is 46.4 Å². The smallest absolute Gasteiger partial charge is 0.272 e. The lowest BCUT2D eigenvalue weighted by atomic mass is 10.2. The van der Waals surface area contributed by atoms with Crippen LogP contribution in [0.3, 0.4) is 0 Å². The third kappa shape index (κ3) is 2.86. The molecule has 4 nitrogen and oxygen atoms in total. The van der Waals surface area contributed by atoms with E-state index < -0.39 is 0 Å². The number of para-hydroxylation sites is 1. The van der Waals surface area contributed by atoms with Crippen molar-refractivity contribution in [2.24, 2.45) is 12.1 Å². The Morgan fingerprint density at radius 3 is 2.67 bits per heavy atom. The average molecular weight is 409 g/mol. The fraction of sp³-hybridized carbons (Fsp3) is 0.0667. The molecule has 0 atom stereocenters. The zero-order chi connectivity index (χ0) is 14.8. The van der Waals surface area contributed by atoms with Crippen LogP contribution in [0.5, 0.6) is 0 Å². The lowest BCUT2D eigenvalue weighted by molar-refractivity contribution is 0.0952. The molecule has 0 aliphatic heterocycles. The molecule has 6 heteroatoms. The number of carbonyl (C=O) groups is 1. The molecule has 0 spiro atoms. The second-order valence-corrected chi connectivity index (χ2v) is 6.62. The van der Waals surface area contributed by atoms with Crippen molar-refractivity contribution < 1.29 is 4.79 Å². The third-order valence-corrected chi connectivity index (χ3v) is 5.14. The number of nitrogens with zero attached hydrogens (tertiary/aromatic N) is 2. The number of amides is 1. The molecule has 0 bridgehead atoms. The molecular formula is C15H12IN3OS. The molecule has 0 fully saturated rings. The van der Waals surface area contributed by atoms with E-state index in [1.807, 2.05) is 54.1 Å². The monoisotopic (exact) mass is 409 g/mol. The maximum absolute atomic E-state index is 12.2. The van der Waals surface area contributed by atoms with Gasteiger partial charge in [-0.3, -0.25) is 4.79 Å². The minimum Gasteiger partial charge on any atom is -0.318 e. The Bertz CT molecular complexity index is 882. The SMILES string of the molecule is Cn1/c(=N\NC(=O)c2ccccc2I)sc2ccccc21. The highest BCUT2D eigenvalue weighted by Gasteiger charge is 2.08. The van der Waals surface area contributed by atoms with Gasteiger partial charge in [0, 0.05) is 10.6 Å². The van der Waals surface area contributed by atoms with E-state index in [0.717, 1.165) is 18.6 Å². The van der Waals surface area contributed by atoms with Crippen molar-refractivity contribution in [2.45, 2.75) is 0 Å². The number of nitrogens with one attached hydrogen (secondary N) is 1. The number of aromatic nitrogens is 1. The standard InChI is InChI=1S/C15H12IN3OS/c1-19-12-8-4-5-9-13(12)21-15(19)18-17-14(20)10-6-2-3-7-11(10)16/h2-9H,1H3,(H,17,20)/b18-15+. The van der Waals surface area contributed by atoms with E-state index in [1.165, 1.54) is 0 Å². The van der Waals surface area contributed by atoms with Crippen LogP contribution in [0, 0.1) is 3.57 Å². The zero-order valence-corrected chi connectivity index (χ0v) is 14.2. The molecule has 0 saturated carbocycles. The predicted molar refractivity (Wildman–Crippen MR) is 93.0 cm³/mol. The van der Waals surface area contributed by atoms with Crippen LogP contribution >= 0.6 is 33.9 Å². The van der Waals surface area contributed by atoms with Gasteiger partial charge in [-0.2, -0.15) is 0 Å². The number of benzene rings is 2. The number of hydrogen-bond donors (Lipinski definition) is 1. The van der Waals surface area contributed by atoms with Crippen LogP contribution in [0.1, 0.15) is 10.4 Å². The molecule has 3 rings (SSSR count). The van der Waals surface area contributed by atoms with Gasteiger partial charge >= 0.3 is 0 Å². The minimum absolute atomic E-state index is 0.197. The van der Waals surface area contributed by atoms with Gasteiger partial charge in [0.2, 0.25) is 4.80 Å². The van der Waals surface area contributed by atoms with Crippen LogP contribution in [0.25, 0.3) is 10.2 Å². The molecule has 21 heavy (non-hydrogen) atoms. The number of carbonyl (C=O) groups excluding carboxylic acids is 1. The molecule has 1 N–H and O–H groups in total. The summed E-state index contributed by atoms with van der Waals surface area (Å²) in [6, 6.07) is 15.5. The summed E-state index contributed by atoms with van der Waals surface area (Å²) >= 11 is 3.69. The maximum atomic E-state index is 12.2. The largest absolute Gasteiger partial charge is 0.318 e. The summed E-state index contributed by atoms with van der Waals surface area (Å²) in [5, 5.41) is 4.24. The van der Waals surface area contributed by atoms with E-state index in [9.17, 15) is 4.79 Å². The van der Waals surface area contributed by atoms with E-state index in [-0.39, 0.29) is 5.91 Å². The maximum Gasteiger partial charge on any atom is 0.272 e. The Balaban J connectivity index is 1.93. The molecule has 0 radical (unpaired) electrons. The van der Waals surface area contributed by atoms with Crippen molar-refractivity contribution in [3.05, 3.63) is 62.5 Å². The van der Waals surface area contributed by atoms with Crippen LogP contribution in [0.15, 0.2) is 53.6 Å².